The number of piperidine rings is 1. The standard InChI is InChI=1S/C18H33N3O4/c1-24-17(25-2)13-21(15-8-10-19-11-9-15)16(22)12-20-18(23)14-6-4-3-5-7-14/h14-15,17,19H,3-13H2,1-2H3,(H,20,23). The van der Waals surface area contributed by atoms with Gasteiger partial charge in [-0.1, -0.05) is 19.3 Å². The molecule has 2 rings (SSSR count). The molecule has 7 heteroatoms. The van der Waals surface area contributed by atoms with Crippen molar-refractivity contribution in [2.75, 3.05) is 40.4 Å². The van der Waals surface area contributed by atoms with Gasteiger partial charge >= 0.3 is 0 Å². The van der Waals surface area contributed by atoms with Crippen LogP contribution < -0.4 is 10.6 Å². The average molecular weight is 355 g/mol. The number of nitrogens with zero attached hydrogens (tertiary/aromatic N) is 1. The highest BCUT2D eigenvalue weighted by Gasteiger charge is 2.29. The van der Waals surface area contributed by atoms with E-state index in [0.29, 0.717) is 6.54 Å². The second-order valence-corrected chi connectivity index (χ2v) is 6.98. The number of carbonyl (C=O) groups excluding carboxylic acids is 2. The molecular formula is C18H33N3O4. The SMILES string of the molecule is COC(CN(C(=O)CNC(=O)C1CCCCC1)C1CCNCC1)OC. The Labute approximate surface area is 150 Å². The summed E-state index contributed by atoms with van der Waals surface area (Å²) in [5, 5.41) is 6.17. The smallest absolute Gasteiger partial charge is 0.242 e. The Balaban J connectivity index is 1.90. The lowest BCUT2D eigenvalue weighted by molar-refractivity contribution is -0.150. The summed E-state index contributed by atoms with van der Waals surface area (Å²) in [6.07, 6.45) is 6.66. The molecule has 1 aliphatic carbocycles. The predicted molar refractivity (Wildman–Crippen MR) is 95.0 cm³/mol. The molecule has 0 radical (unpaired) electrons. The first-order valence-corrected chi connectivity index (χ1v) is 9.49. The molecule has 1 saturated carbocycles. The summed E-state index contributed by atoms with van der Waals surface area (Å²) in [4.78, 5) is 26.9. The van der Waals surface area contributed by atoms with Crippen LogP contribution in [-0.2, 0) is 19.1 Å². The van der Waals surface area contributed by atoms with Crippen LogP contribution >= 0.6 is 0 Å². The fraction of sp³-hybridized carbons (Fsp3) is 0.889. The number of ether oxygens (including phenoxy) is 2. The molecule has 2 N–H and O–H groups in total. The molecule has 0 aromatic heterocycles. The van der Waals surface area contributed by atoms with Gasteiger partial charge < -0.3 is 25.0 Å². The molecule has 25 heavy (non-hydrogen) atoms. The molecule has 7 nitrogen and oxygen atoms in total. The van der Waals surface area contributed by atoms with E-state index in [1.807, 2.05) is 4.90 Å². The van der Waals surface area contributed by atoms with Gasteiger partial charge in [0.15, 0.2) is 6.29 Å². The summed E-state index contributed by atoms with van der Waals surface area (Å²) < 4.78 is 10.5. The second-order valence-electron chi connectivity index (χ2n) is 6.98. The zero-order valence-electron chi connectivity index (χ0n) is 15.6. The Bertz CT molecular complexity index is 417. The van der Waals surface area contributed by atoms with E-state index in [9.17, 15) is 9.59 Å². The summed E-state index contributed by atoms with van der Waals surface area (Å²) in [7, 11) is 3.15. The summed E-state index contributed by atoms with van der Waals surface area (Å²) >= 11 is 0. The van der Waals surface area contributed by atoms with Crippen molar-refractivity contribution in [2.24, 2.45) is 5.92 Å². The molecule has 1 aliphatic heterocycles. The van der Waals surface area contributed by atoms with E-state index in [1.54, 1.807) is 14.2 Å². The van der Waals surface area contributed by atoms with Gasteiger partial charge in [-0.25, -0.2) is 0 Å². The third-order valence-corrected chi connectivity index (χ3v) is 5.33. The van der Waals surface area contributed by atoms with Crippen LogP contribution in [0, 0.1) is 5.92 Å². The van der Waals surface area contributed by atoms with Crippen LogP contribution in [0.2, 0.25) is 0 Å². The highest BCUT2D eigenvalue weighted by atomic mass is 16.7. The summed E-state index contributed by atoms with van der Waals surface area (Å²) in [5.41, 5.74) is 0. The summed E-state index contributed by atoms with van der Waals surface area (Å²) in [5.74, 6) is 0.0306. The largest absolute Gasteiger partial charge is 0.354 e. The van der Waals surface area contributed by atoms with Crippen LogP contribution in [0.5, 0.6) is 0 Å². The van der Waals surface area contributed by atoms with Crippen LogP contribution in [0.25, 0.3) is 0 Å². The van der Waals surface area contributed by atoms with E-state index < -0.39 is 6.29 Å². The van der Waals surface area contributed by atoms with Crippen molar-refractivity contribution in [1.29, 1.82) is 0 Å². The monoisotopic (exact) mass is 355 g/mol. The van der Waals surface area contributed by atoms with Gasteiger partial charge in [0, 0.05) is 26.2 Å². The van der Waals surface area contributed by atoms with E-state index in [2.05, 4.69) is 10.6 Å². The molecule has 0 bridgehead atoms. The molecule has 0 atom stereocenters. The van der Waals surface area contributed by atoms with E-state index in [-0.39, 0.29) is 30.3 Å². The number of rotatable bonds is 8. The van der Waals surface area contributed by atoms with Crippen LogP contribution in [0.3, 0.4) is 0 Å². The van der Waals surface area contributed by atoms with Gasteiger partial charge in [0.25, 0.3) is 0 Å². The van der Waals surface area contributed by atoms with Gasteiger partial charge in [-0.3, -0.25) is 9.59 Å². The average Bonchev–Trinajstić information content (AvgIpc) is 2.68. The fourth-order valence-corrected chi connectivity index (χ4v) is 3.75. The van der Waals surface area contributed by atoms with Crippen LogP contribution in [-0.4, -0.2) is 69.4 Å². The minimum atomic E-state index is -0.451. The zero-order chi connectivity index (χ0) is 18.1. The molecule has 1 saturated heterocycles. The molecule has 0 spiro atoms. The van der Waals surface area contributed by atoms with Gasteiger partial charge in [-0.2, -0.15) is 0 Å². The lowest BCUT2D eigenvalue weighted by atomic mass is 9.89. The van der Waals surface area contributed by atoms with Crippen molar-refractivity contribution in [2.45, 2.75) is 57.3 Å². The maximum absolute atomic E-state index is 12.8. The lowest BCUT2D eigenvalue weighted by Crippen LogP contribution is -2.52. The van der Waals surface area contributed by atoms with Crippen LogP contribution in [0.4, 0.5) is 0 Å². The van der Waals surface area contributed by atoms with E-state index in [0.717, 1.165) is 51.6 Å². The Morgan fingerprint density at radius 1 is 1.08 bits per heavy atom. The van der Waals surface area contributed by atoms with Crippen LogP contribution in [0.15, 0.2) is 0 Å². The predicted octanol–water partition coefficient (Wildman–Crippen LogP) is 0.882. The van der Waals surface area contributed by atoms with Gasteiger partial charge in [0.05, 0.1) is 13.1 Å². The molecule has 0 aromatic rings. The van der Waals surface area contributed by atoms with Crippen LogP contribution in [0.1, 0.15) is 44.9 Å². The Morgan fingerprint density at radius 2 is 1.72 bits per heavy atom. The van der Waals surface area contributed by atoms with Crippen molar-refractivity contribution < 1.29 is 19.1 Å². The maximum atomic E-state index is 12.8. The summed E-state index contributed by atoms with van der Waals surface area (Å²) in [6.45, 7) is 2.23. The van der Waals surface area contributed by atoms with Crippen molar-refractivity contribution in [1.82, 2.24) is 15.5 Å². The highest BCUT2D eigenvalue weighted by Crippen LogP contribution is 2.23. The van der Waals surface area contributed by atoms with Crippen molar-refractivity contribution in [3.05, 3.63) is 0 Å². The second kappa shape index (κ2) is 10.7. The molecular weight excluding hydrogens is 322 g/mol. The minimum Gasteiger partial charge on any atom is -0.354 e. The number of hydrogen-bond acceptors (Lipinski definition) is 5. The van der Waals surface area contributed by atoms with Gasteiger partial charge in [-0.15, -0.1) is 0 Å². The van der Waals surface area contributed by atoms with Crippen molar-refractivity contribution in [3.63, 3.8) is 0 Å². The molecule has 0 aromatic carbocycles. The number of nitrogens with one attached hydrogen (secondary N) is 2. The lowest BCUT2D eigenvalue weighted by Gasteiger charge is -2.36. The van der Waals surface area contributed by atoms with E-state index in [4.69, 9.17) is 9.47 Å². The first-order valence-electron chi connectivity index (χ1n) is 9.49. The normalized spacial score (nSPS) is 19.8. The topological polar surface area (TPSA) is 79.9 Å². The number of carbonyl (C=O) groups is 2. The first-order chi connectivity index (χ1) is 12.2. The fourth-order valence-electron chi connectivity index (χ4n) is 3.75. The molecule has 0 unspecified atom stereocenters. The third-order valence-electron chi connectivity index (χ3n) is 5.33. The number of hydrogen-bond donors (Lipinski definition) is 2. The number of amides is 2. The highest BCUT2D eigenvalue weighted by molar-refractivity contribution is 5.86. The van der Waals surface area contributed by atoms with Crippen molar-refractivity contribution >= 4 is 11.8 Å². The molecule has 2 amide bonds. The Kier molecular flexibility index (Phi) is 8.64. The Morgan fingerprint density at radius 3 is 2.32 bits per heavy atom. The van der Waals surface area contributed by atoms with Crippen molar-refractivity contribution in [3.8, 4) is 0 Å². The first kappa shape index (κ1) is 20.1. The maximum Gasteiger partial charge on any atom is 0.242 e. The van der Waals surface area contributed by atoms with E-state index in [1.165, 1.54) is 6.42 Å². The summed E-state index contributed by atoms with van der Waals surface area (Å²) in [6, 6.07) is 0.160. The zero-order valence-corrected chi connectivity index (χ0v) is 15.6. The quantitative estimate of drug-likeness (QED) is 0.632. The molecule has 2 fully saturated rings. The van der Waals surface area contributed by atoms with Gasteiger partial charge in [0.1, 0.15) is 0 Å². The number of methoxy groups -OCH3 is 2. The molecule has 2 aliphatic rings. The molecule has 1 heterocycles. The Hall–Kier alpha value is -1.18. The third kappa shape index (κ3) is 6.24. The van der Waals surface area contributed by atoms with Gasteiger partial charge in [0.2, 0.25) is 11.8 Å². The molecule has 144 valence electrons. The van der Waals surface area contributed by atoms with Gasteiger partial charge in [-0.05, 0) is 38.8 Å². The minimum absolute atomic E-state index is 0.0216. The van der Waals surface area contributed by atoms with E-state index >= 15 is 0 Å².